The highest BCUT2D eigenvalue weighted by molar-refractivity contribution is 7.90. The van der Waals surface area contributed by atoms with E-state index in [1.807, 2.05) is 39.0 Å². The first-order valence-corrected chi connectivity index (χ1v) is 13.0. The fourth-order valence-electron chi connectivity index (χ4n) is 4.44. The van der Waals surface area contributed by atoms with Gasteiger partial charge in [-0.15, -0.1) is 0 Å². The monoisotopic (exact) mass is 473 g/mol. The summed E-state index contributed by atoms with van der Waals surface area (Å²) in [6.45, 7) is 6.58. The number of amides is 1. The van der Waals surface area contributed by atoms with Crippen LogP contribution in [0.5, 0.6) is 5.75 Å². The molecule has 1 unspecified atom stereocenters. The summed E-state index contributed by atoms with van der Waals surface area (Å²) in [7, 11) is -3.25. The molecule has 1 spiro atoms. The van der Waals surface area contributed by atoms with E-state index in [1.54, 1.807) is 29.2 Å². The number of ether oxygens (including phenoxy) is 2. The molecule has 8 heteroatoms. The second kappa shape index (κ2) is 8.33. The molecule has 0 bridgehead atoms. The van der Waals surface area contributed by atoms with Gasteiger partial charge in [-0.25, -0.2) is 13.2 Å². The van der Waals surface area contributed by atoms with Gasteiger partial charge in [0.25, 0.3) is 0 Å². The van der Waals surface area contributed by atoms with Gasteiger partial charge in [-0.3, -0.25) is 0 Å². The number of nitrogens with zero attached hydrogens (tertiary/aromatic N) is 1. The van der Waals surface area contributed by atoms with Gasteiger partial charge in [0, 0.05) is 44.2 Å². The molecule has 1 atom stereocenters. The fraction of sp³-hybridized carbons (Fsp3) is 0.480. The number of aliphatic hydroxyl groups excluding tert-OH is 1. The standard InChI is InChI=1S/C25H31NO6S/c1-24(2,3)32-23(28)26-13-11-25(12-14-26)16-21(27)20-15-18(7-10-22(20)31-25)17-5-8-19(9-6-17)33(4,29)30/h5-10,15,21,27H,11-14,16H2,1-4H3. The second-order valence-corrected chi connectivity index (χ2v) is 12.0. The summed E-state index contributed by atoms with van der Waals surface area (Å²) in [5, 5.41) is 11.0. The van der Waals surface area contributed by atoms with Crippen molar-refractivity contribution < 1.29 is 27.8 Å². The van der Waals surface area contributed by atoms with Crippen LogP contribution in [0.25, 0.3) is 11.1 Å². The van der Waals surface area contributed by atoms with Gasteiger partial charge in [0.05, 0.1) is 11.0 Å². The molecule has 178 valence electrons. The molecule has 0 saturated carbocycles. The van der Waals surface area contributed by atoms with Crippen LogP contribution in [0.3, 0.4) is 0 Å². The van der Waals surface area contributed by atoms with Gasteiger partial charge < -0.3 is 19.5 Å². The van der Waals surface area contributed by atoms with E-state index < -0.39 is 27.1 Å². The molecule has 1 N–H and O–H groups in total. The second-order valence-electron chi connectivity index (χ2n) is 10.0. The minimum absolute atomic E-state index is 0.271. The van der Waals surface area contributed by atoms with Crippen LogP contribution in [-0.4, -0.2) is 55.1 Å². The Kier molecular flexibility index (Phi) is 5.95. The van der Waals surface area contributed by atoms with Crippen LogP contribution in [0.1, 0.15) is 51.7 Å². The van der Waals surface area contributed by atoms with E-state index in [2.05, 4.69) is 0 Å². The van der Waals surface area contributed by atoms with Crippen molar-refractivity contribution >= 4 is 15.9 Å². The van der Waals surface area contributed by atoms with Gasteiger partial charge in [-0.2, -0.15) is 0 Å². The molecule has 2 heterocycles. The summed E-state index contributed by atoms with van der Waals surface area (Å²) in [5.41, 5.74) is 1.42. The molecule has 1 saturated heterocycles. The van der Waals surface area contributed by atoms with Crippen molar-refractivity contribution in [1.29, 1.82) is 0 Å². The number of likely N-dealkylation sites (tertiary alicyclic amines) is 1. The van der Waals surface area contributed by atoms with Crippen LogP contribution in [0.4, 0.5) is 4.79 Å². The van der Waals surface area contributed by atoms with Gasteiger partial charge in [0.15, 0.2) is 9.84 Å². The molecule has 2 aliphatic rings. The van der Waals surface area contributed by atoms with E-state index in [0.29, 0.717) is 38.1 Å². The lowest BCUT2D eigenvalue weighted by Crippen LogP contribution is -2.52. The van der Waals surface area contributed by atoms with Gasteiger partial charge in [-0.05, 0) is 56.2 Å². The van der Waals surface area contributed by atoms with Crippen LogP contribution in [0.15, 0.2) is 47.4 Å². The third kappa shape index (κ3) is 5.17. The number of aliphatic hydroxyl groups is 1. The number of hydrogen-bond donors (Lipinski definition) is 1. The summed E-state index contributed by atoms with van der Waals surface area (Å²) in [6.07, 6.45) is 1.88. The number of benzene rings is 2. The van der Waals surface area contributed by atoms with Crippen molar-refractivity contribution in [2.75, 3.05) is 19.3 Å². The highest BCUT2D eigenvalue weighted by Crippen LogP contribution is 2.45. The van der Waals surface area contributed by atoms with E-state index in [9.17, 15) is 18.3 Å². The first-order chi connectivity index (χ1) is 15.4. The summed E-state index contributed by atoms with van der Waals surface area (Å²) in [4.78, 5) is 14.3. The van der Waals surface area contributed by atoms with Crippen molar-refractivity contribution in [2.45, 2.75) is 62.2 Å². The lowest BCUT2D eigenvalue weighted by Gasteiger charge is -2.46. The zero-order valence-electron chi connectivity index (χ0n) is 19.5. The van der Waals surface area contributed by atoms with Crippen LogP contribution in [-0.2, 0) is 14.6 Å². The molecule has 0 radical (unpaired) electrons. The highest BCUT2D eigenvalue weighted by atomic mass is 32.2. The number of sulfone groups is 1. The molecule has 1 fully saturated rings. The maximum absolute atomic E-state index is 12.4. The molecule has 4 rings (SSSR count). The Morgan fingerprint density at radius 3 is 2.27 bits per heavy atom. The average molecular weight is 474 g/mol. The minimum atomic E-state index is -3.25. The minimum Gasteiger partial charge on any atom is -0.487 e. The SMILES string of the molecule is CC(C)(C)OC(=O)N1CCC2(CC1)CC(O)c1cc(-c3ccc(S(C)(=O)=O)cc3)ccc1O2. The zero-order chi connectivity index (χ0) is 24.0. The molecule has 0 aliphatic carbocycles. The molecule has 2 aromatic rings. The van der Waals surface area contributed by atoms with E-state index in [0.717, 1.165) is 16.7 Å². The van der Waals surface area contributed by atoms with Crippen LogP contribution in [0, 0.1) is 0 Å². The number of carbonyl (C=O) groups is 1. The molecule has 2 aromatic carbocycles. The van der Waals surface area contributed by atoms with Crippen molar-refractivity contribution in [3.8, 4) is 16.9 Å². The molecule has 33 heavy (non-hydrogen) atoms. The lowest BCUT2D eigenvalue weighted by molar-refractivity contribution is -0.0569. The third-order valence-corrected chi connectivity index (χ3v) is 7.33. The fourth-order valence-corrected chi connectivity index (χ4v) is 5.07. The molecule has 2 aliphatic heterocycles. The van der Waals surface area contributed by atoms with Gasteiger partial charge >= 0.3 is 6.09 Å². The van der Waals surface area contributed by atoms with Crippen molar-refractivity contribution in [1.82, 2.24) is 4.90 Å². The van der Waals surface area contributed by atoms with Crippen LogP contribution < -0.4 is 4.74 Å². The van der Waals surface area contributed by atoms with Crippen molar-refractivity contribution in [3.63, 3.8) is 0 Å². The predicted octanol–water partition coefficient (Wildman–Crippen LogP) is 4.34. The zero-order valence-corrected chi connectivity index (χ0v) is 20.3. The largest absolute Gasteiger partial charge is 0.487 e. The van der Waals surface area contributed by atoms with Gasteiger partial charge in [-0.1, -0.05) is 18.2 Å². The number of rotatable bonds is 2. The van der Waals surface area contributed by atoms with E-state index in [-0.39, 0.29) is 11.0 Å². The van der Waals surface area contributed by atoms with E-state index in [1.165, 1.54) is 6.26 Å². The molecular formula is C25H31NO6S. The maximum Gasteiger partial charge on any atom is 0.410 e. The maximum atomic E-state index is 12.4. The normalized spacial score (nSPS) is 20.2. The topological polar surface area (TPSA) is 93.1 Å². The van der Waals surface area contributed by atoms with Gasteiger partial charge in [0.2, 0.25) is 0 Å². The number of hydrogen-bond acceptors (Lipinski definition) is 6. The van der Waals surface area contributed by atoms with E-state index >= 15 is 0 Å². The van der Waals surface area contributed by atoms with Crippen molar-refractivity contribution in [2.24, 2.45) is 0 Å². The number of fused-ring (bicyclic) bond motifs is 1. The highest BCUT2D eigenvalue weighted by Gasteiger charge is 2.44. The Balaban J connectivity index is 1.49. The average Bonchev–Trinajstić information content (AvgIpc) is 2.72. The Morgan fingerprint density at radius 2 is 1.70 bits per heavy atom. The predicted molar refractivity (Wildman–Crippen MR) is 125 cm³/mol. The molecular weight excluding hydrogens is 442 g/mol. The first kappa shape index (κ1) is 23.6. The summed E-state index contributed by atoms with van der Waals surface area (Å²) < 4.78 is 35.3. The Labute approximate surface area is 195 Å². The van der Waals surface area contributed by atoms with Gasteiger partial charge in [0.1, 0.15) is 17.0 Å². The summed E-state index contributed by atoms with van der Waals surface area (Å²) >= 11 is 0. The first-order valence-electron chi connectivity index (χ1n) is 11.1. The summed E-state index contributed by atoms with van der Waals surface area (Å²) in [5.74, 6) is 0.649. The summed E-state index contributed by atoms with van der Waals surface area (Å²) in [6, 6.07) is 12.4. The molecule has 0 aromatic heterocycles. The Morgan fingerprint density at radius 1 is 1.09 bits per heavy atom. The van der Waals surface area contributed by atoms with Crippen LogP contribution in [0.2, 0.25) is 0 Å². The molecule has 1 amide bonds. The van der Waals surface area contributed by atoms with E-state index in [4.69, 9.17) is 9.47 Å². The quantitative estimate of drug-likeness (QED) is 0.697. The number of carbonyl (C=O) groups excluding carboxylic acids is 1. The third-order valence-electron chi connectivity index (χ3n) is 6.20. The van der Waals surface area contributed by atoms with Crippen LogP contribution >= 0.6 is 0 Å². The lowest BCUT2D eigenvalue weighted by atomic mass is 9.81. The molecule has 7 nitrogen and oxygen atoms in total. The van der Waals surface area contributed by atoms with Crippen molar-refractivity contribution in [3.05, 3.63) is 48.0 Å². The number of piperidine rings is 1. The smallest absolute Gasteiger partial charge is 0.410 e. The Bertz CT molecular complexity index is 1140. The Hall–Kier alpha value is -2.58.